The van der Waals surface area contributed by atoms with Gasteiger partial charge in [0.15, 0.2) is 28.9 Å². The van der Waals surface area contributed by atoms with Gasteiger partial charge in [-0.3, -0.25) is 9.79 Å². The van der Waals surface area contributed by atoms with Gasteiger partial charge in [-0.15, -0.1) is 0 Å². The van der Waals surface area contributed by atoms with E-state index in [1.165, 1.54) is 43.9 Å². The molecule has 1 aromatic carbocycles. The molecule has 1 aromatic heterocycles. The maximum atomic E-state index is 14.5. The molecule has 1 heterocycles. The summed E-state index contributed by atoms with van der Waals surface area (Å²) in [5.41, 5.74) is 5.45. The van der Waals surface area contributed by atoms with E-state index < -0.39 is 18.2 Å². The van der Waals surface area contributed by atoms with Gasteiger partial charge in [0.25, 0.3) is 0 Å². The molecular formula is C22H28F2N6O6. The summed E-state index contributed by atoms with van der Waals surface area (Å²) in [6.07, 6.45) is 5.03. The fraction of sp³-hybridized carbons (Fsp3) is 0.364. The van der Waals surface area contributed by atoms with Gasteiger partial charge in [-0.25, -0.2) is 18.7 Å². The Morgan fingerprint density at radius 1 is 1.14 bits per heavy atom. The summed E-state index contributed by atoms with van der Waals surface area (Å²) in [4.78, 5) is 25.4. The Kier molecular flexibility index (Phi) is 11.3. The number of carbonyl (C=O) groups is 1. The van der Waals surface area contributed by atoms with E-state index >= 15 is 0 Å². The number of allylic oxidation sites excluding steroid dienone is 1. The van der Waals surface area contributed by atoms with Gasteiger partial charge < -0.3 is 40.4 Å². The van der Waals surface area contributed by atoms with Crippen LogP contribution < -0.4 is 25.3 Å². The fourth-order valence-corrected chi connectivity index (χ4v) is 2.84. The van der Waals surface area contributed by atoms with E-state index in [9.17, 15) is 13.6 Å². The molecule has 1 amide bonds. The van der Waals surface area contributed by atoms with Crippen molar-refractivity contribution in [2.45, 2.75) is 6.61 Å². The molecule has 0 aliphatic heterocycles. The largest absolute Gasteiger partial charge is 0.494 e. The average Bonchev–Trinajstić information content (AvgIpc) is 2.88. The van der Waals surface area contributed by atoms with E-state index in [4.69, 9.17) is 30.2 Å². The van der Waals surface area contributed by atoms with Crippen LogP contribution in [0.3, 0.4) is 0 Å². The lowest BCUT2D eigenvalue weighted by atomic mass is 10.1. The van der Waals surface area contributed by atoms with Crippen molar-refractivity contribution in [3.63, 3.8) is 0 Å². The third-order valence-electron chi connectivity index (χ3n) is 4.66. The van der Waals surface area contributed by atoms with E-state index in [0.717, 1.165) is 6.07 Å². The molecule has 2 aromatic rings. The summed E-state index contributed by atoms with van der Waals surface area (Å²) in [5.74, 6) is -2.36. The van der Waals surface area contributed by atoms with Gasteiger partial charge in [0.1, 0.15) is 13.2 Å². The molecule has 196 valence electrons. The normalized spacial score (nSPS) is 11.4. The zero-order valence-corrected chi connectivity index (χ0v) is 19.8. The third kappa shape index (κ3) is 7.74. The van der Waals surface area contributed by atoms with Crippen molar-refractivity contribution in [3.8, 4) is 17.2 Å². The summed E-state index contributed by atoms with van der Waals surface area (Å²) in [7, 11) is 2.49. The predicted octanol–water partition coefficient (Wildman–Crippen LogP) is 0.447. The Balaban J connectivity index is 1.98. The Morgan fingerprint density at radius 2 is 1.72 bits per heavy atom. The molecule has 5 N–H and O–H groups in total. The number of nitrogens with two attached hydrogens (primary N) is 1. The van der Waals surface area contributed by atoms with Gasteiger partial charge in [-0.1, -0.05) is 0 Å². The quantitative estimate of drug-likeness (QED) is 0.262. The highest BCUT2D eigenvalue weighted by molar-refractivity contribution is 5.85. The van der Waals surface area contributed by atoms with Gasteiger partial charge in [0.05, 0.1) is 51.1 Å². The molecule has 14 heteroatoms. The lowest BCUT2D eigenvalue weighted by Crippen LogP contribution is -2.37. The molecule has 0 saturated heterocycles. The van der Waals surface area contributed by atoms with Crippen LogP contribution in [-0.2, 0) is 11.4 Å². The standard InChI is InChI=1S/C22H28F2N6O6/c1-34-17-7-18(35-2)21(24)16(20(17)23)13-36-15-10-27-22(28-11-15)29-14(8-25)9-26-12-19(33)30(3-5-31)4-6-32/h7-11,31-32H,3-6,12-13,25H2,1-2H3,(H,27,28,29). The molecular weight excluding hydrogens is 482 g/mol. The van der Waals surface area contributed by atoms with Crippen LogP contribution in [-0.4, -0.2) is 84.3 Å². The first-order chi connectivity index (χ1) is 17.4. The molecule has 12 nitrogen and oxygen atoms in total. The van der Waals surface area contributed by atoms with Crippen molar-refractivity contribution in [2.75, 3.05) is 52.4 Å². The molecule has 2 rings (SSSR count). The summed E-state index contributed by atoms with van der Waals surface area (Å²) in [6.45, 7) is -1.01. The van der Waals surface area contributed by atoms with E-state index in [-0.39, 0.29) is 73.2 Å². The number of methoxy groups -OCH3 is 2. The number of benzene rings is 1. The highest BCUT2D eigenvalue weighted by Gasteiger charge is 2.20. The topological polar surface area (TPSA) is 165 Å². The molecule has 0 aliphatic rings. The number of rotatable bonds is 14. The van der Waals surface area contributed by atoms with Crippen LogP contribution in [0.1, 0.15) is 5.56 Å². The number of ether oxygens (including phenoxy) is 3. The number of halogens is 2. The maximum absolute atomic E-state index is 14.5. The number of aliphatic imine (C=N–C) groups is 1. The molecule has 0 aliphatic carbocycles. The molecule has 0 bridgehead atoms. The predicted molar refractivity (Wildman–Crippen MR) is 126 cm³/mol. The van der Waals surface area contributed by atoms with Crippen molar-refractivity contribution in [1.82, 2.24) is 14.9 Å². The van der Waals surface area contributed by atoms with Gasteiger partial charge in [0.2, 0.25) is 11.9 Å². The maximum Gasteiger partial charge on any atom is 0.244 e. The number of aliphatic hydroxyl groups is 2. The van der Waals surface area contributed by atoms with Gasteiger partial charge in [-0.2, -0.15) is 0 Å². The van der Waals surface area contributed by atoms with E-state index in [2.05, 4.69) is 20.3 Å². The smallest absolute Gasteiger partial charge is 0.244 e. The van der Waals surface area contributed by atoms with Crippen LogP contribution in [0.15, 0.2) is 35.3 Å². The number of nitrogens with zero attached hydrogens (tertiary/aromatic N) is 4. The molecule has 0 radical (unpaired) electrons. The lowest BCUT2D eigenvalue weighted by Gasteiger charge is -2.19. The van der Waals surface area contributed by atoms with Crippen LogP contribution in [0.4, 0.5) is 14.7 Å². The number of carbonyl (C=O) groups excluding carboxylic acids is 1. The molecule has 36 heavy (non-hydrogen) atoms. The second-order valence-corrected chi connectivity index (χ2v) is 6.96. The van der Waals surface area contributed by atoms with Crippen LogP contribution >= 0.6 is 0 Å². The number of hydrogen-bond acceptors (Lipinski definition) is 11. The molecule has 0 unspecified atom stereocenters. The van der Waals surface area contributed by atoms with Crippen molar-refractivity contribution >= 4 is 18.1 Å². The first-order valence-electron chi connectivity index (χ1n) is 10.6. The minimum absolute atomic E-state index is 0.0830. The van der Waals surface area contributed by atoms with Crippen LogP contribution in [0.2, 0.25) is 0 Å². The Hall–Kier alpha value is -4.04. The Labute approximate surface area is 206 Å². The summed E-state index contributed by atoms with van der Waals surface area (Å²) in [5, 5.41) is 20.8. The van der Waals surface area contributed by atoms with Gasteiger partial charge in [-0.05, 0) is 0 Å². The minimum Gasteiger partial charge on any atom is -0.494 e. The summed E-state index contributed by atoms with van der Waals surface area (Å²) >= 11 is 0. The molecule has 0 saturated carbocycles. The number of aliphatic hydroxyl groups excluding tert-OH is 2. The van der Waals surface area contributed by atoms with E-state index in [0.29, 0.717) is 0 Å². The number of aromatic nitrogens is 2. The van der Waals surface area contributed by atoms with Crippen LogP contribution in [0, 0.1) is 11.6 Å². The highest BCUT2D eigenvalue weighted by Crippen LogP contribution is 2.31. The minimum atomic E-state index is -0.915. The zero-order valence-electron chi connectivity index (χ0n) is 19.8. The van der Waals surface area contributed by atoms with Crippen molar-refractivity contribution in [2.24, 2.45) is 10.7 Å². The molecule has 0 spiro atoms. The van der Waals surface area contributed by atoms with Crippen LogP contribution in [0.25, 0.3) is 0 Å². The fourth-order valence-electron chi connectivity index (χ4n) is 2.84. The van der Waals surface area contributed by atoms with Crippen molar-refractivity contribution < 1.29 is 38.0 Å². The molecule has 0 fully saturated rings. The highest BCUT2D eigenvalue weighted by atomic mass is 19.1. The number of nitrogens with one attached hydrogen (secondary N) is 1. The van der Waals surface area contributed by atoms with Crippen LogP contribution in [0.5, 0.6) is 17.2 Å². The Morgan fingerprint density at radius 3 is 2.22 bits per heavy atom. The summed E-state index contributed by atoms with van der Waals surface area (Å²) < 4.78 is 44.1. The van der Waals surface area contributed by atoms with E-state index in [1.54, 1.807) is 0 Å². The average molecular weight is 510 g/mol. The first-order valence-corrected chi connectivity index (χ1v) is 10.6. The van der Waals surface area contributed by atoms with Crippen molar-refractivity contribution in [1.29, 1.82) is 0 Å². The molecule has 0 atom stereocenters. The van der Waals surface area contributed by atoms with E-state index in [1.807, 2.05) is 0 Å². The second kappa shape index (κ2) is 14.4. The number of amides is 1. The summed E-state index contributed by atoms with van der Waals surface area (Å²) in [6, 6.07) is 1.10. The SMILES string of the molecule is COc1cc(OC)c(F)c(COc2cnc(NC(C=NCC(=O)N(CCO)CCO)=CN)nc2)c1F. The van der Waals surface area contributed by atoms with Gasteiger partial charge in [0, 0.05) is 31.6 Å². The first kappa shape index (κ1) is 28.2. The monoisotopic (exact) mass is 510 g/mol. The van der Waals surface area contributed by atoms with Gasteiger partial charge >= 0.3 is 0 Å². The number of anilines is 1. The number of hydrogen-bond donors (Lipinski definition) is 4. The van der Waals surface area contributed by atoms with Crippen molar-refractivity contribution in [3.05, 3.63) is 47.6 Å². The second-order valence-electron chi connectivity index (χ2n) is 6.96. The Bertz CT molecular complexity index is 1030. The third-order valence-corrected chi connectivity index (χ3v) is 4.66. The lowest BCUT2D eigenvalue weighted by molar-refractivity contribution is -0.130. The zero-order chi connectivity index (χ0) is 26.5.